The molecule has 0 aromatic carbocycles. The summed E-state index contributed by atoms with van der Waals surface area (Å²) in [4.78, 5) is 10.9. The van der Waals surface area contributed by atoms with Crippen LogP contribution in [0.15, 0.2) is 12.3 Å². The fourth-order valence-electron chi connectivity index (χ4n) is 1.79. The van der Waals surface area contributed by atoms with Gasteiger partial charge in [0.05, 0.1) is 5.56 Å². The first-order valence-electron chi connectivity index (χ1n) is 4.27. The van der Waals surface area contributed by atoms with E-state index in [9.17, 15) is 4.79 Å². The van der Waals surface area contributed by atoms with E-state index >= 15 is 0 Å². The van der Waals surface area contributed by atoms with E-state index in [0.717, 1.165) is 18.7 Å². The van der Waals surface area contributed by atoms with Gasteiger partial charge in [0.2, 0.25) is 0 Å². The lowest BCUT2D eigenvalue weighted by molar-refractivity contribution is 0.0999. The average Bonchev–Trinajstić information content (AvgIpc) is 2.47. The number of fused-ring (bicyclic) bond motifs is 1. The van der Waals surface area contributed by atoms with Gasteiger partial charge in [0.15, 0.2) is 0 Å². The summed E-state index contributed by atoms with van der Waals surface area (Å²) in [7, 11) is 0. The molecule has 0 fully saturated rings. The van der Waals surface area contributed by atoms with Crippen molar-refractivity contribution in [1.29, 1.82) is 0 Å². The summed E-state index contributed by atoms with van der Waals surface area (Å²) in [6.07, 6.45) is 5.32. The van der Waals surface area contributed by atoms with Crippen molar-refractivity contribution in [2.24, 2.45) is 5.73 Å². The summed E-state index contributed by atoms with van der Waals surface area (Å²) in [6.45, 7) is 1.03. The minimum Gasteiger partial charge on any atom is -0.366 e. The maximum atomic E-state index is 10.9. The van der Waals surface area contributed by atoms with Crippen LogP contribution in [0.5, 0.6) is 0 Å². The molecular formula is C9H13ClN2O. The number of halogens is 1. The van der Waals surface area contributed by atoms with Crippen LogP contribution in [0.4, 0.5) is 0 Å². The Kier molecular flexibility index (Phi) is 2.98. The smallest absolute Gasteiger partial charge is 0.250 e. The number of carbonyl (C=O) groups is 1. The lowest BCUT2D eigenvalue weighted by atomic mass is 10.1. The molecule has 1 amide bonds. The predicted molar refractivity (Wildman–Crippen MR) is 53.1 cm³/mol. The van der Waals surface area contributed by atoms with Crippen LogP contribution in [0.3, 0.4) is 0 Å². The van der Waals surface area contributed by atoms with Gasteiger partial charge in [-0.1, -0.05) is 0 Å². The molecule has 1 aliphatic heterocycles. The number of hydrogen-bond donors (Lipinski definition) is 1. The zero-order valence-electron chi connectivity index (χ0n) is 7.32. The van der Waals surface area contributed by atoms with E-state index in [2.05, 4.69) is 4.57 Å². The van der Waals surface area contributed by atoms with Crippen molar-refractivity contribution in [1.82, 2.24) is 4.57 Å². The third-order valence-electron chi connectivity index (χ3n) is 2.41. The topological polar surface area (TPSA) is 48.0 Å². The van der Waals surface area contributed by atoms with Gasteiger partial charge in [-0.3, -0.25) is 4.79 Å². The highest BCUT2D eigenvalue weighted by molar-refractivity contribution is 5.94. The first-order valence-corrected chi connectivity index (χ1v) is 4.27. The van der Waals surface area contributed by atoms with E-state index in [0.29, 0.717) is 5.56 Å². The Morgan fingerprint density at radius 1 is 1.46 bits per heavy atom. The number of primary amides is 1. The molecule has 0 aliphatic carbocycles. The van der Waals surface area contributed by atoms with E-state index in [1.807, 2.05) is 12.3 Å². The molecule has 2 heterocycles. The second-order valence-corrected chi connectivity index (χ2v) is 3.19. The van der Waals surface area contributed by atoms with Crippen molar-refractivity contribution >= 4 is 18.3 Å². The Balaban J connectivity index is 0.000000845. The van der Waals surface area contributed by atoms with Gasteiger partial charge in [0.1, 0.15) is 0 Å². The summed E-state index contributed by atoms with van der Waals surface area (Å²) in [5.41, 5.74) is 7.05. The molecule has 0 saturated heterocycles. The predicted octanol–water partition coefficient (Wildman–Crippen LogP) is 1.35. The van der Waals surface area contributed by atoms with E-state index in [4.69, 9.17) is 5.73 Å². The number of nitrogens with zero attached hydrogens (tertiary/aromatic N) is 1. The van der Waals surface area contributed by atoms with Crippen LogP contribution in [-0.2, 0) is 13.0 Å². The number of carbonyl (C=O) groups excluding carboxylic acids is 1. The van der Waals surface area contributed by atoms with Crippen molar-refractivity contribution in [2.45, 2.75) is 25.8 Å². The molecule has 0 spiro atoms. The molecule has 1 aliphatic rings. The molecule has 0 atom stereocenters. The molecule has 2 N–H and O–H groups in total. The maximum absolute atomic E-state index is 10.9. The third-order valence-corrected chi connectivity index (χ3v) is 2.41. The first kappa shape index (κ1) is 10.1. The lowest BCUT2D eigenvalue weighted by Crippen LogP contribution is -2.16. The fourth-order valence-corrected chi connectivity index (χ4v) is 1.79. The minimum absolute atomic E-state index is 0. The first-order chi connectivity index (χ1) is 5.79. The second-order valence-electron chi connectivity index (χ2n) is 3.19. The van der Waals surface area contributed by atoms with Crippen molar-refractivity contribution in [3.05, 3.63) is 23.5 Å². The number of nitrogens with two attached hydrogens (primary N) is 1. The molecule has 1 aromatic heterocycles. The summed E-state index contributed by atoms with van der Waals surface area (Å²) in [6, 6.07) is 1.82. The monoisotopic (exact) mass is 200 g/mol. The quantitative estimate of drug-likeness (QED) is 0.731. The van der Waals surface area contributed by atoms with Crippen LogP contribution in [-0.4, -0.2) is 10.5 Å². The Hall–Kier alpha value is -0.960. The van der Waals surface area contributed by atoms with Crippen LogP contribution in [0.1, 0.15) is 28.9 Å². The van der Waals surface area contributed by atoms with Crippen molar-refractivity contribution in [2.75, 3.05) is 0 Å². The van der Waals surface area contributed by atoms with Crippen LogP contribution in [0.2, 0.25) is 0 Å². The van der Waals surface area contributed by atoms with E-state index in [1.165, 1.54) is 12.8 Å². The van der Waals surface area contributed by atoms with Crippen LogP contribution in [0, 0.1) is 0 Å². The molecule has 72 valence electrons. The lowest BCUT2D eigenvalue weighted by Gasteiger charge is -2.15. The average molecular weight is 201 g/mol. The third kappa shape index (κ3) is 1.70. The Morgan fingerprint density at radius 2 is 2.23 bits per heavy atom. The zero-order chi connectivity index (χ0) is 8.55. The molecule has 13 heavy (non-hydrogen) atoms. The highest BCUT2D eigenvalue weighted by atomic mass is 35.5. The highest BCUT2D eigenvalue weighted by Crippen LogP contribution is 2.19. The molecule has 0 unspecified atom stereocenters. The van der Waals surface area contributed by atoms with Gasteiger partial charge in [-0.25, -0.2) is 0 Å². The largest absolute Gasteiger partial charge is 0.366 e. The zero-order valence-corrected chi connectivity index (χ0v) is 8.14. The van der Waals surface area contributed by atoms with Gasteiger partial charge in [-0.2, -0.15) is 0 Å². The normalized spacial score (nSPS) is 14.5. The Bertz CT molecular complexity index is 319. The Labute approximate surface area is 83.3 Å². The number of amides is 1. The van der Waals surface area contributed by atoms with Gasteiger partial charge in [0, 0.05) is 18.4 Å². The standard InChI is InChI=1S/C9H12N2O.ClH/c10-9(12)7-4-6-11-5-2-1-3-8(7)11;/h4,6H,1-3,5H2,(H2,10,12);1H. The number of aryl methyl sites for hydroxylation is 1. The second kappa shape index (κ2) is 3.83. The SMILES string of the molecule is Cl.NC(=O)c1ccn2c1CCCC2. The van der Waals surface area contributed by atoms with Gasteiger partial charge in [0.25, 0.3) is 5.91 Å². The molecule has 0 saturated carbocycles. The molecule has 2 rings (SSSR count). The minimum atomic E-state index is -0.300. The summed E-state index contributed by atoms with van der Waals surface area (Å²) in [5, 5.41) is 0. The van der Waals surface area contributed by atoms with Gasteiger partial charge in [-0.15, -0.1) is 12.4 Å². The fraction of sp³-hybridized carbons (Fsp3) is 0.444. The van der Waals surface area contributed by atoms with E-state index in [-0.39, 0.29) is 18.3 Å². The summed E-state index contributed by atoms with van der Waals surface area (Å²) < 4.78 is 2.13. The number of aromatic nitrogens is 1. The van der Waals surface area contributed by atoms with Crippen molar-refractivity contribution in [3.63, 3.8) is 0 Å². The van der Waals surface area contributed by atoms with Gasteiger partial charge < -0.3 is 10.3 Å². The van der Waals surface area contributed by atoms with E-state index < -0.39 is 0 Å². The molecule has 0 bridgehead atoms. The van der Waals surface area contributed by atoms with Crippen LogP contribution < -0.4 is 5.73 Å². The van der Waals surface area contributed by atoms with Crippen LogP contribution >= 0.6 is 12.4 Å². The maximum Gasteiger partial charge on any atom is 0.250 e. The number of rotatable bonds is 1. The van der Waals surface area contributed by atoms with Crippen molar-refractivity contribution in [3.8, 4) is 0 Å². The van der Waals surface area contributed by atoms with E-state index in [1.54, 1.807) is 0 Å². The highest BCUT2D eigenvalue weighted by Gasteiger charge is 2.15. The van der Waals surface area contributed by atoms with Gasteiger partial charge in [-0.05, 0) is 25.3 Å². The molecule has 0 radical (unpaired) electrons. The molecule has 1 aromatic rings. The summed E-state index contributed by atoms with van der Waals surface area (Å²) >= 11 is 0. The van der Waals surface area contributed by atoms with Crippen LogP contribution in [0.25, 0.3) is 0 Å². The number of hydrogen-bond acceptors (Lipinski definition) is 1. The molecule has 3 nitrogen and oxygen atoms in total. The van der Waals surface area contributed by atoms with Gasteiger partial charge >= 0.3 is 0 Å². The summed E-state index contributed by atoms with van der Waals surface area (Å²) in [5.74, 6) is -0.300. The molecular weight excluding hydrogens is 188 g/mol. The van der Waals surface area contributed by atoms with Crippen molar-refractivity contribution < 1.29 is 4.79 Å². The Morgan fingerprint density at radius 3 is 2.92 bits per heavy atom. The molecule has 4 heteroatoms.